The fraction of sp³-hybridized carbons (Fsp3) is 0.353. The summed E-state index contributed by atoms with van der Waals surface area (Å²) in [5.41, 5.74) is 2.45. The molecule has 22 heavy (non-hydrogen) atoms. The number of anilines is 2. The number of rotatable bonds is 4. The number of para-hydroxylation sites is 1. The molecule has 0 aliphatic carbocycles. The lowest BCUT2D eigenvalue weighted by Gasteiger charge is -2.37. The predicted molar refractivity (Wildman–Crippen MR) is 84.2 cm³/mol. The zero-order chi connectivity index (χ0) is 15.5. The fourth-order valence-electron chi connectivity index (χ4n) is 2.98. The highest BCUT2D eigenvalue weighted by atomic mass is 19.1. The van der Waals surface area contributed by atoms with E-state index < -0.39 is 11.6 Å². The Kier molecular flexibility index (Phi) is 4.22. The molecule has 1 aromatic carbocycles. The van der Waals surface area contributed by atoms with Gasteiger partial charge in [0.1, 0.15) is 5.69 Å². The van der Waals surface area contributed by atoms with E-state index in [1.807, 2.05) is 12.1 Å². The van der Waals surface area contributed by atoms with Crippen LogP contribution >= 0.6 is 0 Å². The van der Waals surface area contributed by atoms with Crippen LogP contribution in [-0.2, 0) is 6.42 Å². The van der Waals surface area contributed by atoms with E-state index in [0.717, 1.165) is 25.2 Å². The third-order valence-corrected chi connectivity index (χ3v) is 4.17. The normalized spacial score (nSPS) is 17.2. The zero-order valence-electron chi connectivity index (χ0n) is 12.5. The number of aryl methyl sites for hydroxylation is 1. The second kappa shape index (κ2) is 6.30. The van der Waals surface area contributed by atoms with Gasteiger partial charge in [-0.3, -0.25) is 4.98 Å². The van der Waals surface area contributed by atoms with Crippen molar-refractivity contribution >= 4 is 11.4 Å². The minimum Gasteiger partial charge on any atom is -0.378 e. The Hall–Kier alpha value is -2.17. The Morgan fingerprint density at radius 1 is 1.23 bits per heavy atom. The lowest BCUT2D eigenvalue weighted by molar-refractivity contribution is 0.561. The van der Waals surface area contributed by atoms with Crippen LogP contribution in [0.5, 0.6) is 0 Å². The molecule has 5 heteroatoms. The Balaban J connectivity index is 1.69. The molecule has 3 rings (SSSR count). The van der Waals surface area contributed by atoms with Crippen molar-refractivity contribution in [3.8, 4) is 0 Å². The van der Waals surface area contributed by atoms with E-state index in [0.29, 0.717) is 19.1 Å². The van der Waals surface area contributed by atoms with Gasteiger partial charge in [0.25, 0.3) is 0 Å². The SMILES string of the molecule is CC1CCc2ccccc2N1CCNc1c(F)cncc1F. The van der Waals surface area contributed by atoms with Gasteiger partial charge in [0.15, 0.2) is 11.6 Å². The summed E-state index contributed by atoms with van der Waals surface area (Å²) in [5.74, 6) is -1.32. The van der Waals surface area contributed by atoms with Crippen molar-refractivity contribution in [2.75, 3.05) is 23.3 Å². The van der Waals surface area contributed by atoms with Crippen LogP contribution < -0.4 is 10.2 Å². The summed E-state index contributed by atoms with van der Waals surface area (Å²) in [6.45, 7) is 3.35. The molecule has 0 saturated heterocycles. The third-order valence-electron chi connectivity index (χ3n) is 4.17. The standard InChI is InChI=1S/C17H19F2N3/c1-12-6-7-13-4-2-3-5-16(13)22(12)9-8-21-17-14(18)10-20-11-15(17)19/h2-5,10-12H,6-9H2,1H3,(H,20,21). The van der Waals surface area contributed by atoms with Crippen LogP contribution in [0.1, 0.15) is 18.9 Å². The topological polar surface area (TPSA) is 28.2 Å². The van der Waals surface area contributed by atoms with Crippen LogP contribution in [0.15, 0.2) is 36.7 Å². The van der Waals surface area contributed by atoms with Gasteiger partial charge in [0.05, 0.1) is 12.4 Å². The molecule has 0 amide bonds. The molecular weight excluding hydrogens is 284 g/mol. The highest BCUT2D eigenvalue weighted by molar-refractivity contribution is 5.56. The summed E-state index contributed by atoms with van der Waals surface area (Å²) in [7, 11) is 0. The largest absolute Gasteiger partial charge is 0.378 e. The van der Waals surface area contributed by atoms with Gasteiger partial charge in [-0.15, -0.1) is 0 Å². The van der Waals surface area contributed by atoms with Crippen LogP contribution in [0.2, 0.25) is 0 Å². The number of fused-ring (bicyclic) bond motifs is 1. The molecule has 0 bridgehead atoms. The van der Waals surface area contributed by atoms with Crippen LogP contribution in [0.25, 0.3) is 0 Å². The monoisotopic (exact) mass is 303 g/mol. The Morgan fingerprint density at radius 2 is 1.95 bits per heavy atom. The van der Waals surface area contributed by atoms with E-state index in [-0.39, 0.29) is 5.69 Å². The minimum atomic E-state index is -0.660. The Bertz CT molecular complexity index is 640. The summed E-state index contributed by atoms with van der Waals surface area (Å²) in [4.78, 5) is 5.78. The molecule has 1 aromatic heterocycles. The molecule has 116 valence electrons. The zero-order valence-corrected chi connectivity index (χ0v) is 12.5. The minimum absolute atomic E-state index is 0.104. The molecule has 1 atom stereocenters. The van der Waals surface area contributed by atoms with Crippen molar-refractivity contribution < 1.29 is 8.78 Å². The lowest BCUT2D eigenvalue weighted by Crippen LogP contribution is -2.40. The van der Waals surface area contributed by atoms with E-state index in [1.165, 1.54) is 11.3 Å². The second-order valence-electron chi connectivity index (χ2n) is 5.61. The molecule has 2 aromatic rings. The molecule has 0 radical (unpaired) electrons. The van der Waals surface area contributed by atoms with Gasteiger partial charge in [-0.2, -0.15) is 0 Å². The van der Waals surface area contributed by atoms with Crippen molar-refractivity contribution in [1.29, 1.82) is 0 Å². The summed E-state index contributed by atoms with van der Waals surface area (Å²) in [6, 6.07) is 8.75. The molecule has 0 saturated carbocycles. The van der Waals surface area contributed by atoms with Crippen LogP contribution in [0, 0.1) is 11.6 Å². The van der Waals surface area contributed by atoms with Crippen molar-refractivity contribution in [2.45, 2.75) is 25.8 Å². The first-order valence-corrected chi connectivity index (χ1v) is 7.54. The molecular formula is C17H19F2N3. The summed E-state index contributed by atoms with van der Waals surface area (Å²) < 4.78 is 27.1. The molecule has 1 aliphatic rings. The van der Waals surface area contributed by atoms with Gasteiger partial charge >= 0.3 is 0 Å². The quantitative estimate of drug-likeness (QED) is 0.935. The molecule has 1 unspecified atom stereocenters. The number of benzene rings is 1. The smallest absolute Gasteiger partial charge is 0.167 e. The van der Waals surface area contributed by atoms with Crippen molar-refractivity contribution in [2.24, 2.45) is 0 Å². The third kappa shape index (κ3) is 2.89. The molecule has 3 nitrogen and oxygen atoms in total. The van der Waals surface area contributed by atoms with E-state index in [4.69, 9.17) is 0 Å². The average molecular weight is 303 g/mol. The van der Waals surface area contributed by atoms with Gasteiger partial charge in [0.2, 0.25) is 0 Å². The molecule has 0 fully saturated rings. The maximum absolute atomic E-state index is 13.6. The summed E-state index contributed by atoms with van der Waals surface area (Å²) in [6.07, 6.45) is 4.21. The number of halogens is 2. The van der Waals surface area contributed by atoms with E-state index in [1.54, 1.807) is 0 Å². The number of nitrogens with zero attached hydrogens (tertiary/aromatic N) is 2. The van der Waals surface area contributed by atoms with Crippen molar-refractivity contribution in [3.63, 3.8) is 0 Å². The Morgan fingerprint density at radius 3 is 2.73 bits per heavy atom. The predicted octanol–water partition coefficient (Wildman–Crippen LogP) is 3.61. The first-order valence-electron chi connectivity index (χ1n) is 7.54. The number of pyridine rings is 1. The average Bonchev–Trinajstić information content (AvgIpc) is 2.52. The van der Waals surface area contributed by atoms with Gasteiger partial charge in [-0.1, -0.05) is 18.2 Å². The van der Waals surface area contributed by atoms with Crippen molar-refractivity contribution in [3.05, 3.63) is 53.9 Å². The maximum atomic E-state index is 13.6. The highest BCUT2D eigenvalue weighted by Gasteiger charge is 2.22. The highest BCUT2D eigenvalue weighted by Crippen LogP contribution is 2.30. The number of aromatic nitrogens is 1. The van der Waals surface area contributed by atoms with Crippen LogP contribution in [-0.4, -0.2) is 24.1 Å². The molecule has 0 spiro atoms. The maximum Gasteiger partial charge on any atom is 0.167 e. The van der Waals surface area contributed by atoms with E-state index >= 15 is 0 Å². The first kappa shape index (κ1) is 14.8. The lowest BCUT2D eigenvalue weighted by atomic mass is 9.97. The van der Waals surface area contributed by atoms with Gasteiger partial charge < -0.3 is 10.2 Å². The van der Waals surface area contributed by atoms with Gasteiger partial charge in [-0.05, 0) is 31.4 Å². The molecule has 1 aliphatic heterocycles. The van der Waals surface area contributed by atoms with E-state index in [9.17, 15) is 8.78 Å². The number of hydrogen-bond donors (Lipinski definition) is 1. The van der Waals surface area contributed by atoms with E-state index in [2.05, 4.69) is 34.3 Å². The second-order valence-corrected chi connectivity index (χ2v) is 5.61. The van der Waals surface area contributed by atoms with Gasteiger partial charge in [-0.25, -0.2) is 8.78 Å². The summed E-state index contributed by atoms with van der Waals surface area (Å²) in [5, 5.41) is 2.85. The summed E-state index contributed by atoms with van der Waals surface area (Å²) >= 11 is 0. The number of nitrogens with one attached hydrogen (secondary N) is 1. The molecule has 2 heterocycles. The Labute approximate surface area is 129 Å². The van der Waals surface area contributed by atoms with Crippen LogP contribution in [0.3, 0.4) is 0 Å². The first-order chi connectivity index (χ1) is 10.7. The molecule has 1 N–H and O–H groups in total. The van der Waals surface area contributed by atoms with Crippen LogP contribution in [0.4, 0.5) is 20.2 Å². The number of hydrogen-bond acceptors (Lipinski definition) is 3. The van der Waals surface area contributed by atoms with Crippen molar-refractivity contribution in [1.82, 2.24) is 4.98 Å². The van der Waals surface area contributed by atoms with Gasteiger partial charge in [0, 0.05) is 24.8 Å². The fourth-order valence-corrected chi connectivity index (χ4v) is 2.98.